The van der Waals surface area contributed by atoms with Crippen LogP contribution >= 0.6 is 0 Å². The van der Waals surface area contributed by atoms with Crippen molar-refractivity contribution in [1.29, 1.82) is 0 Å². The molecule has 1 N–H and O–H groups in total. The zero-order chi connectivity index (χ0) is 12.5. The number of phenols is 1. The van der Waals surface area contributed by atoms with Crippen LogP contribution in [0.5, 0.6) is 5.75 Å². The predicted molar refractivity (Wildman–Crippen MR) is 74.0 cm³/mol. The van der Waals surface area contributed by atoms with Crippen molar-refractivity contribution in [3.63, 3.8) is 0 Å². The largest absolute Gasteiger partial charge is 0.508 e. The maximum Gasteiger partial charge on any atom is 0.117 e. The Labute approximate surface area is 108 Å². The van der Waals surface area contributed by atoms with Gasteiger partial charge in [0.05, 0.1) is 0 Å². The summed E-state index contributed by atoms with van der Waals surface area (Å²) in [5.74, 6) is 0.362. The van der Waals surface area contributed by atoms with Gasteiger partial charge in [-0.3, -0.25) is 4.90 Å². The van der Waals surface area contributed by atoms with Crippen LogP contribution in [-0.4, -0.2) is 41.7 Å². The molecule has 1 aromatic carbocycles. The molecule has 0 saturated carbocycles. The second kappa shape index (κ2) is 4.65. The summed E-state index contributed by atoms with van der Waals surface area (Å²) in [7, 11) is 0. The molecule has 2 bridgehead atoms. The third-order valence-electron chi connectivity index (χ3n) is 4.07. The van der Waals surface area contributed by atoms with E-state index < -0.39 is 0 Å². The molecule has 96 valence electrons. The minimum absolute atomic E-state index is 0.362. The van der Waals surface area contributed by atoms with Crippen LogP contribution in [0.25, 0.3) is 0 Å². The highest BCUT2D eigenvalue weighted by Gasteiger charge is 2.39. The number of rotatable bonds is 3. The molecular weight excluding hydrogens is 224 g/mol. The van der Waals surface area contributed by atoms with Crippen LogP contribution in [0.3, 0.4) is 0 Å². The Morgan fingerprint density at radius 3 is 2.61 bits per heavy atom. The first-order valence-corrected chi connectivity index (χ1v) is 6.68. The number of hydrogen-bond donors (Lipinski definition) is 1. The fourth-order valence-electron chi connectivity index (χ4n) is 3.40. The van der Waals surface area contributed by atoms with Crippen LogP contribution in [0.2, 0.25) is 0 Å². The summed E-state index contributed by atoms with van der Waals surface area (Å²) in [5.41, 5.74) is 1.17. The molecule has 3 heteroatoms. The van der Waals surface area contributed by atoms with Crippen molar-refractivity contribution in [3.8, 4) is 5.75 Å². The van der Waals surface area contributed by atoms with Crippen LogP contribution < -0.4 is 4.90 Å². The van der Waals surface area contributed by atoms with Crippen LogP contribution in [0.15, 0.2) is 36.9 Å². The summed E-state index contributed by atoms with van der Waals surface area (Å²) in [6.07, 6.45) is 4.51. The van der Waals surface area contributed by atoms with Crippen molar-refractivity contribution in [2.24, 2.45) is 0 Å². The zero-order valence-electron chi connectivity index (χ0n) is 10.6. The smallest absolute Gasteiger partial charge is 0.117 e. The lowest BCUT2D eigenvalue weighted by molar-refractivity contribution is 0.241. The number of phenolic OH excluding ortho intramolecular Hbond substituents is 1. The molecule has 0 radical (unpaired) electrons. The summed E-state index contributed by atoms with van der Waals surface area (Å²) < 4.78 is 0. The Bertz CT molecular complexity index is 432. The molecule has 2 aliphatic rings. The molecule has 18 heavy (non-hydrogen) atoms. The summed E-state index contributed by atoms with van der Waals surface area (Å²) in [6, 6.07) is 8.83. The number of hydrogen-bond acceptors (Lipinski definition) is 3. The van der Waals surface area contributed by atoms with E-state index in [4.69, 9.17) is 0 Å². The maximum absolute atomic E-state index is 9.62. The van der Waals surface area contributed by atoms with Crippen LogP contribution in [0.1, 0.15) is 12.8 Å². The van der Waals surface area contributed by atoms with Gasteiger partial charge in [-0.25, -0.2) is 0 Å². The summed E-state index contributed by atoms with van der Waals surface area (Å²) in [6.45, 7) is 7.03. The van der Waals surface area contributed by atoms with Gasteiger partial charge in [-0.1, -0.05) is 12.1 Å². The van der Waals surface area contributed by atoms with Gasteiger partial charge < -0.3 is 10.0 Å². The first kappa shape index (κ1) is 11.6. The Balaban J connectivity index is 1.81. The van der Waals surface area contributed by atoms with Gasteiger partial charge in [0.15, 0.2) is 0 Å². The van der Waals surface area contributed by atoms with Gasteiger partial charge in [0, 0.05) is 43.5 Å². The number of benzene rings is 1. The van der Waals surface area contributed by atoms with Crippen molar-refractivity contribution in [1.82, 2.24) is 4.90 Å². The van der Waals surface area contributed by atoms with Crippen LogP contribution in [0, 0.1) is 0 Å². The van der Waals surface area contributed by atoms with E-state index >= 15 is 0 Å². The zero-order valence-corrected chi connectivity index (χ0v) is 10.6. The Hall–Kier alpha value is -1.48. The van der Waals surface area contributed by atoms with Crippen molar-refractivity contribution in [2.75, 3.05) is 24.5 Å². The summed E-state index contributed by atoms with van der Waals surface area (Å²) >= 11 is 0. The molecule has 0 spiro atoms. The van der Waals surface area contributed by atoms with Gasteiger partial charge in [-0.15, -0.1) is 6.58 Å². The molecule has 2 atom stereocenters. The SMILES string of the molecule is C=CCN1C[C@H]2CC[C@@H](C1)N2c1cccc(O)c1. The van der Waals surface area contributed by atoms with Crippen LogP contribution in [0.4, 0.5) is 5.69 Å². The molecule has 0 amide bonds. The molecule has 3 rings (SSSR count). The van der Waals surface area contributed by atoms with E-state index in [1.807, 2.05) is 18.2 Å². The standard InChI is InChI=1S/C15H20N2O/c1-2-8-16-10-13-6-7-14(11-16)17(13)12-4-3-5-15(18)9-12/h2-5,9,13-14,18H,1,6-8,10-11H2/t13-,14+. The van der Waals surface area contributed by atoms with Crippen molar-refractivity contribution < 1.29 is 5.11 Å². The minimum Gasteiger partial charge on any atom is -0.508 e. The predicted octanol–water partition coefficient (Wildman–Crippen LogP) is 2.23. The lowest BCUT2D eigenvalue weighted by Gasteiger charge is -2.42. The van der Waals surface area contributed by atoms with Gasteiger partial charge in [-0.2, -0.15) is 0 Å². The third-order valence-corrected chi connectivity index (χ3v) is 4.07. The quantitative estimate of drug-likeness (QED) is 0.826. The van der Waals surface area contributed by atoms with Gasteiger partial charge in [0.2, 0.25) is 0 Å². The van der Waals surface area contributed by atoms with E-state index in [2.05, 4.69) is 22.4 Å². The van der Waals surface area contributed by atoms with Crippen LogP contribution in [-0.2, 0) is 0 Å². The number of likely N-dealkylation sites (tertiary alicyclic amines) is 1. The van der Waals surface area contributed by atoms with Crippen molar-refractivity contribution in [2.45, 2.75) is 24.9 Å². The van der Waals surface area contributed by atoms with Gasteiger partial charge in [-0.05, 0) is 25.0 Å². The molecule has 3 nitrogen and oxygen atoms in total. The molecule has 2 aliphatic heterocycles. The van der Waals surface area contributed by atoms with E-state index in [-0.39, 0.29) is 0 Å². The highest BCUT2D eigenvalue weighted by atomic mass is 16.3. The Morgan fingerprint density at radius 1 is 1.28 bits per heavy atom. The lowest BCUT2D eigenvalue weighted by Crippen LogP contribution is -2.53. The first-order valence-electron chi connectivity index (χ1n) is 6.68. The normalized spacial score (nSPS) is 27.4. The second-order valence-electron chi connectivity index (χ2n) is 5.32. The van der Waals surface area contributed by atoms with E-state index in [0.717, 1.165) is 19.6 Å². The Kier molecular flexibility index (Phi) is 3.00. The third kappa shape index (κ3) is 1.99. The number of piperazine rings is 1. The first-order chi connectivity index (χ1) is 8.78. The molecular formula is C15H20N2O. The molecule has 2 saturated heterocycles. The molecule has 0 unspecified atom stereocenters. The summed E-state index contributed by atoms with van der Waals surface area (Å²) in [4.78, 5) is 4.98. The number of nitrogens with zero attached hydrogens (tertiary/aromatic N) is 2. The van der Waals surface area contributed by atoms with Crippen molar-refractivity contribution in [3.05, 3.63) is 36.9 Å². The van der Waals surface area contributed by atoms with Crippen molar-refractivity contribution >= 4 is 5.69 Å². The van der Waals surface area contributed by atoms with Gasteiger partial charge in [0.1, 0.15) is 5.75 Å². The average molecular weight is 244 g/mol. The Morgan fingerprint density at radius 2 is 2.00 bits per heavy atom. The summed E-state index contributed by atoms with van der Waals surface area (Å²) in [5, 5.41) is 9.62. The monoisotopic (exact) mass is 244 g/mol. The van der Waals surface area contributed by atoms with E-state index in [1.165, 1.54) is 18.5 Å². The molecule has 0 aliphatic carbocycles. The average Bonchev–Trinajstić information content (AvgIpc) is 2.62. The van der Waals surface area contributed by atoms with E-state index in [0.29, 0.717) is 17.8 Å². The number of fused-ring (bicyclic) bond motifs is 2. The van der Waals surface area contributed by atoms with E-state index in [9.17, 15) is 5.11 Å². The maximum atomic E-state index is 9.62. The number of anilines is 1. The second-order valence-corrected chi connectivity index (χ2v) is 5.32. The van der Waals surface area contributed by atoms with Gasteiger partial charge in [0.25, 0.3) is 0 Å². The van der Waals surface area contributed by atoms with Gasteiger partial charge >= 0.3 is 0 Å². The molecule has 1 aromatic rings. The highest BCUT2D eigenvalue weighted by Crippen LogP contribution is 2.35. The highest BCUT2D eigenvalue weighted by molar-refractivity contribution is 5.53. The van der Waals surface area contributed by atoms with E-state index in [1.54, 1.807) is 6.07 Å². The topological polar surface area (TPSA) is 26.7 Å². The molecule has 2 fully saturated rings. The fourth-order valence-corrected chi connectivity index (χ4v) is 3.40. The minimum atomic E-state index is 0.362. The fraction of sp³-hybridized carbons (Fsp3) is 0.467. The number of aromatic hydroxyl groups is 1. The molecule has 2 heterocycles. The lowest BCUT2D eigenvalue weighted by atomic mass is 10.1. The molecule has 0 aromatic heterocycles.